The van der Waals surface area contributed by atoms with E-state index < -0.39 is 0 Å². The van der Waals surface area contributed by atoms with Crippen molar-refractivity contribution in [2.24, 2.45) is 0 Å². The quantitative estimate of drug-likeness (QED) is 0.194. The zero-order valence-electron chi connectivity index (χ0n) is 25.3. The number of rotatable bonds is 2. The van der Waals surface area contributed by atoms with E-state index in [-0.39, 0.29) is 37.3 Å². The Bertz CT molecular complexity index is 1620. The standard InChI is InChI=1S/C24H26N6.C9H13N.Pt/c1-23(2,3)19-12-18(27-28-19)20-15-8-10-25-13-14(15)11-17(26-20)21-16-7-6-9-24(4,5)22(16)30-29-21;1-9(2,3)8-4-6-10-7-5-8;/h8,10-13H,6-7,9H2,1-5H3;4-7H,1-3H3;/q-2;;+2. The molecule has 0 atom stereocenters. The van der Waals surface area contributed by atoms with Gasteiger partial charge in [-0.05, 0) is 60.1 Å². The fraction of sp³-hybridized carbons (Fsp3) is 0.424. The first-order chi connectivity index (χ1) is 18.8. The van der Waals surface area contributed by atoms with Crippen molar-refractivity contribution >= 4 is 10.8 Å². The van der Waals surface area contributed by atoms with E-state index in [4.69, 9.17) is 4.98 Å². The number of fused-ring (bicyclic) bond motifs is 2. The van der Waals surface area contributed by atoms with Gasteiger partial charge in [-0.25, -0.2) is 0 Å². The van der Waals surface area contributed by atoms with Gasteiger partial charge in [0, 0.05) is 57.8 Å². The van der Waals surface area contributed by atoms with E-state index >= 15 is 0 Å². The largest absolute Gasteiger partial charge is 2.00 e. The molecule has 216 valence electrons. The Morgan fingerprint density at radius 2 is 1.54 bits per heavy atom. The average molecular weight is 729 g/mol. The molecular formula is C33H39N7Pt. The number of hydrogen-bond acceptors (Lipinski definition) is 5. The van der Waals surface area contributed by atoms with Crippen molar-refractivity contribution in [1.82, 2.24) is 35.3 Å². The third-order valence-electron chi connectivity index (χ3n) is 7.66. The van der Waals surface area contributed by atoms with Crippen molar-refractivity contribution in [3.8, 4) is 22.8 Å². The van der Waals surface area contributed by atoms with Gasteiger partial charge in [0.1, 0.15) is 0 Å². The molecule has 41 heavy (non-hydrogen) atoms. The smallest absolute Gasteiger partial charge is 0.573 e. The van der Waals surface area contributed by atoms with Gasteiger partial charge in [0.05, 0.1) is 11.4 Å². The molecule has 0 saturated carbocycles. The Kier molecular flexibility index (Phi) is 8.70. The first-order valence-electron chi connectivity index (χ1n) is 14.0. The molecule has 0 radical (unpaired) electrons. The zero-order chi connectivity index (χ0) is 28.7. The molecule has 0 aliphatic heterocycles. The van der Waals surface area contributed by atoms with Crippen LogP contribution in [0.1, 0.15) is 90.7 Å². The molecule has 1 aliphatic carbocycles. The molecule has 0 amide bonds. The molecule has 0 N–H and O–H groups in total. The van der Waals surface area contributed by atoms with Gasteiger partial charge in [0.25, 0.3) is 0 Å². The van der Waals surface area contributed by atoms with E-state index in [1.807, 2.05) is 30.7 Å². The van der Waals surface area contributed by atoms with Gasteiger partial charge >= 0.3 is 21.1 Å². The minimum absolute atomic E-state index is 0. The summed E-state index contributed by atoms with van der Waals surface area (Å²) >= 11 is 0. The maximum atomic E-state index is 5.03. The molecule has 0 spiro atoms. The summed E-state index contributed by atoms with van der Waals surface area (Å²) in [6.45, 7) is 17.5. The molecule has 5 heterocycles. The van der Waals surface area contributed by atoms with Crippen LogP contribution in [0.5, 0.6) is 0 Å². The molecule has 8 heteroatoms. The van der Waals surface area contributed by atoms with Crippen molar-refractivity contribution in [3.05, 3.63) is 77.6 Å². The topological polar surface area (TPSA) is 92.7 Å². The number of hydrogen-bond donors (Lipinski definition) is 0. The molecule has 0 aromatic carbocycles. The summed E-state index contributed by atoms with van der Waals surface area (Å²) < 4.78 is 0. The molecule has 0 unspecified atom stereocenters. The van der Waals surface area contributed by atoms with Crippen LogP contribution in [-0.2, 0) is 43.7 Å². The van der Waals surface area contributed by atoms with Crippen LogP contribution in [0.2, 0.25) is 0 Å². The maximum absolute atomic E-state index is 5.03. The fourth-order valence-electron chi connectivity index (χ4n) is 5.19. The van der Waals surface area contributed by atoms with Crippen molar-refractivity contribution < 1.29 is 21.1 Å². The van der Waals surface area contributed by atoms with Crippen molar-refractivity contribution in [2.75, 3.05) is 0 Å². The second kappa shape index (κ2) is 11.6. The maximum Gasteiger partial charge on any atom is 2.00 e. The molecule has 5 aromatic rings. The SMILES string of the molecule is CC(C)(C)c1cc(-c2nc(-c3[n-]nc4c3CCCC4(C)C)cc3cnccc23)[n-]n1.CC(C)(C)c1ccncc1.[Pt+2]. The molecule has 1 aliphatic rings. The van der Waals surface area contributed by atoms with Crippen LogP contribution < -0.4 is 10.2 Å². The normalized spacial score (nSPS) is 14.5. The Labute approximate surface area is 257 Å². The average Bonchev–Trinajstić information content (AvgIpc) is 3.57. The predicted octanol–water partition coefficient (Wildman–Crippen LogP) is 6.96. The molecule has 6 rings (SSSR count). The molecule has 0 bridgehead atoms. The van der Waals surface area contributed by atoms with E-state index in [0.717, 1.165) is 64.2 Å². The van der Waals surface area contributed by atoms with Gasteiger partial charge in [-0.1, -0.05) is 72.8 Å². The first kappa shape index (κ1) is 30.8. The van der Waals surface area contributed by atoms with E-state index in [1.165, 1.54) is 11.1 Å². The number of pyridine rings is 3. The molecule has 0 saturated heterocycles. The van der Waals surface area contributed by atoms with Crippen LogP contribution in [0.4, 0.5) is 0 Å². The summed E-state index contributed by atoms with van der Waals surface area (Å²) in [4.78, 5) is 13.3. The minimum atomic E-state index is -0.0674. The van der Waals surface area contributed by atoms with Gasteiger partial charge in [-0.2, -0.15) is 0 Å². The summed E-state index contributed by atoms with van der Waals surface area (Å²) in [5.41, 5.74) is 8.20. The Hall–Kier alpha value is -3.18. The van der Waals surface area contributed by atoms with Gasteiger partial charge < -0.3 is 20.4 Å². The predicted molar refractivity (Wildman–Crippen MR) is 160 cm³/mol. The summed E-state index contributed by atoms with van der Waals surface area (Å²) in [6.07, 6.45) is 10.6. The van der Waals surface area contributed by atoms with Crippen LogP contribution in [0.25, 0.3) is 33.5 Å². The van der Waals surface area contributed by atoms with E-state index in [9.17, 15) is 0 Å². The van der Waals surface area contributed by atoms with E-state index in [0.29, 0.717) is 0 Å². The number of aromatic nitrogens is 7. The summed E-state index contributed by atoms with van der Waals surface area (Å²) in [7, 11) is 0. The molecular weight excluding hydrogens is 689 g/mol. The third-order valence-corrected chi connectivity index (χ3v) is 7.66. The van der Waals surface area contributed by atoms with Gasteiger partial charge in [0.15, 0.2) is 0 Å². The van der Waals surface area contributed by atoms with Gasteiger partial charge in [-0.3, -0.25) is 15.0 Å². The molecule has 0 fully saturated rings. The summed E-state index contributed by atoms with van der Waals surface area (Å²) in [6, 6.07) is 10.2. The van der Waals surface area contributed by atoms with Crippen LogP contribution >= 0.6 is 0 Å². The zero-order valence-corrected chi connectivity index (χ0v) is 27.5. The summed E-state index contributed by atoms with van der Waals surface area (Å²) in [5, 5.41) is 20.1. The Morgan fingerprint density at radius 3 is 2.17 bits per heavy atom. The van der Waals surface area contributed by atoms with Crippen molar-refractivity contribution in [1.29, 1.82) is 0 Å². The second-order valence-electron chi connectivity index (χ2n) is 13.4. The fourth-order valence-corrected chi connectivity index (χ4v) is 5.19. The van der Waals surface area contributed by atoms with Crippen LogP contribution in [0.15, 0.2) is 55.1 Å². The van der Waals surface area contributed by atoms with Crippen molar-refractivity contribution in [2.45, 2.75) is 90.9 Å². The molecule has 7 nitrogen and oxygen atoms in total. The van der Waals surface area contributed by atoms with Crippen LogP contribution in [-0.4, -0.2) is 25.1 Å². The third kappa shape index (κ3) is 6.51. The van der Waals surface area contributed by atoms with E-state index in [2.05, 4.69) is 104 Å². The Morgan fingerprint density at radius 1 is 0.829 bits per heavy atom. The molecule has 5 aromatic heterocycles. The first-order valence-corrected chi connectivity index (χ1v) is 14.0. The Balaban J connectivity index is 0.000000300. The number of nitrogens with zero attached hydrogens (tertiary/aromatic N) is 7. The van der Waals surface area contributed by atoms with Crippen molar-refractivity contribution in [3.63, 3.8) is 0 Å². The van der Waals surface area contributed by atoms with Gasteiger partial charge in [0.2, 0.25) is 0 Å². The van der Waals surface area contributed by atoms with E-state index in [1.54, 1.807) is 6.20 Å². The van der Waals surface area contributed by atoms with Crippen LogP contribution in [0, 0.1) is 0 Å². The second-order valence-corrected chi connectivity index (χ2v) is 13.4. The van der Waals surface area contributed by atoms with Gasteiger partial charge in [-0.15, -0.1) is 0 Å². The monoisotopic (exact) mass is 728 g/mol. The summed E-state index contributed by atoms with van der Waals surface area (Å²) in [5.74, 6) is 0. The minimum Gasteiger partial charge on any atom is -0.573 e. The van der Waals surface area contributed by atoms with Crippen LogP contribution in [0.3, 0.4) is 0 Å².